The summed E-state index contributed by atoms with van der Waals surface area (Å²) in [5, 5.41) is 18.6. The fourth-order valence-electron chi connectivity index (χ4n) is 21.3. The third kappa shape index (κ3) is 17.3. The largest absolute Gasteiger partial charge is 0.395 e. The molecule has 7 aliphatic rings. The molecule has 29 heteroatoms. The summed E-state index contributed by atoms with van der Waals surface area (Å²) in [5.41, 5.74) is 26.9. The lowest BCUT2D eigenvalue weighted by molar-refractivity contribution is 0.0975. The predicted octanol–water partition coefficient (Wildman–Crippen LogP) is 13.4. The molecule has 1 N–H and O–H groups in total. The van der Waals surface area contributed by atoms with E-state index in [1.165, 1.54) is 82.3 Å². The first-order valence-electron chi connectivity index (χ1n) is 47.5. The van der Waals surface area contributed by atoms with Gasteiger partial charge < -0.3 is 33.5 Å². The lowest BCUT2D eigenvalue weighted by Crippen LogP contribution is -2.50. The Hall–Kier alpha value is -12.5. The van der Waals surface area contributed by atoms with Crippen LogP contribution in [0.1, 0.15) is 178 Å². The van der Waals surface area contributed by atoms with Crippen LogP contribution >= 0.6 is 0 Å². The summed E-state index contributed by atoms with van der Waals surface area (Å²) in [4.78, 5) is 105. The average molecular weight is 1760 g/mol. The first kappa shape index (κ1) is 86.5. The summed E-state index contributed by atoms with van der Waals surface area (Å²) in [7, 11) is 0. The SMILES string of the molecule is CCc1cc(-c2cc(=O)n3cc(N4CCN5CCC[C@@H]5C4)ccc3n2)cn2cc(C)nc12.CCc1cc(-c2cc(=O)n3cc(N4CCN5CCC[C@H]5C4)ccc3n2)cn2cc(C)nc12.CCc1nc(C)cn2nc(-c3cc(=O)n4cc(C5CCN(C6CCC6)CC5)cc(C)c4n3)cc12.CCc1nc(C)cn2nc(-c3cc(=O)n4cc(C5CCN(CCO)CC5)cc(C)c4n3)cc12. The number of anilines is 2. The minimum atomic E-state index is -0.0975. The normalized spacial score (nSPS) is 18.0. The van der Waals surface area contributed by atoms with E-state index in [-0.39, 0.29) is 28.8 Å². The van der Waals surface area contributed by atoms with Gasteiger partial charge in [-0.25, -0.2) is 38.9 Å². The van der Waals surface area contributed by atoms with Gasteiger partial charge in [0, 0.05) is 149 Å². The molecule has 29 nitrogen and oxygen atoms in total. The second kappa shape index (κ2) is 36.3. The number of hydrogen-bond donors (Lipinski definition) is 1. The molecule has 22 heterocycles. The standard InChI is InChI=1S/C27H32N6O.C25H30N6O2.2C25H28N6O/c1-4-22-25-13-24(30-33(25)15-18(3)28-22)23-14-26(34)32-16-20(12-17(2)27(32)29-23)19-8-10-31(11-9-19)21-6-5-7-21;1-4-20-23-12-22(28-31(23)14-17(3)26-20)21-13-24(33)30-15-19(11-16(2)25(30)27-21)18-5-7-29(8-6-18)9-10-32;2*1-3-18-11-19(14-30-13-17(2)26-25(18)30)22-12-24(32)31-16-21(6-7-23(31)27-22)29-10-9-28-8-4-5-20(28)15-29/h12-16,19,21H,4-11H2,1-3H3;11-15,18,32H,4-10H2,1-3H3;2*6-7,11-14,16,20H,3-5,8-10,15H2,1-2H3/t;;2*20-/m..10/s1. The van der Waals surface area contributed by atoms with Gasteiger partial charge in [-0.05, 0) is 264 Å². The molecule has 16 aromatic rings. The van der Waals surface area contributed by atoms with E-state index in [1.807, 2.05) is 139 Å². The van der Waals surface area contributed by atoms with Gasteiger partial charge in [0.05, 0.1) is 98.3 Å². The van der Waals surface area contributed by atoms with Crippen molar-refractivity contribution >= 4 is 56.3 Å². The van der Waals surface area contributed by atoms with E-state index in [4.69, 9.17) is 25.0 Å². The van der Waals surface area contributed by atoms with E-state index in [9.17, 15) is 24.3 Å². The third-order valence-electron chi connectivity index (χ3n) is 28.5. The maximum absolute atomic E-state index is 13.2. The zero-order valence-corrected chi connectivity index (χ0v) is 77.1. The molecule has 6 saturated heterocycles. The summed E-state index contributed by atoms with van der Waals surface area (Å²) in [6.07, 6.45) is 36.8. The summed E-state index contributed by atoms with van der Waals surface area (Å²) >= 11 is 0. The van der Waals surface area contributed by atoms with Gasteiger partial charge >= 0.3 is 0 Å². The zero-order chi connectivity index (χ0) is 90.1. The first-order valence-corrected chi connectivity index (χ1v) is 47.5. The van der Waals surface area contributed by atoms with Crippen molar-refractivity contribution in [3.05, 3.63) is 256 Å². The van der Waals surface area contributed by atoms with Crippen LogP contribution in [0.4, 0.5) is 11.4 Å². The van der Waals surface area contributed by atoms with Gasteiger partial charge in [0.25, 0.3) is 22.2 Å². The van der Waals surface area contributed by atoms with Gasteiger partial charge in [0.2, 0.25) is 0 Å². The van der Waals surface area contributed by atoms with E-state index in [2.05, 4.69) is 125 Å². The van der Waals surface area contributed by atoms with Gasteiger partial charge in [-0.15, -0.1) is 0 Å². The van der Waals surface area contributed by atoms with E-state index >= 15 is 0 Å². The lowest BCUT2D eigenvalue weighted by atomic mass is 9.85. The fourth-order valence-corrected chi connectivity index (χ4v) is 21.3. The highest BCUT2D eigenvalue weighted by molar-refractivity contribution is 5.72. The molecule has 2 atom stereocenters. The van der Waals surface area contributed by atoms with Crippen molar-refractivity contribution in [2.75, 3.05) is 101 Å². The zero-order valence-electron chi connectivity index (χ0n) is 77.1. The Balaban J connectivity index is 0.000000109. The number of rotatable bonds is 15. The summed E-state index contributed by atoms with van der Waals surface area (Å²) in [5.74, 6) is 0.920. The number of pyridine rings is 6. The van der Waals surface area contributed by atoms with Crippen LogP contribution in [0.3, 0.4) is 0 Å². The topological polar surface area (TPSA) is 272 Å². The van der Waals surface area contributed by atoms with Crippen LogP contribution in [0.15, 0.2) is 166 Å². The van der Waals surface area contributed by atoms with E-state index < -0.39 is 0 Å². The van der Waals surface area contributed by atoms with Crippen LogP contribution in [0.2, 0.25) is 0 Å². The minimum Gasteiger partial charge on any atom is -0.395 e. The maximum atomic E-state index is 13.2. The Morgan fingerprint density at radius 1 is 0.351 bits per heavy atom. The first-order chi connectivity index (χ1) is 63.6. The maximum Gasteiger partial charge on any atom is 0.258 e. The van der Waals surface area contributed by atoms with E-state index in [1.54, 1.807) is 41.9 Å². The molecule has 16 aromatic heterocycles. The molecule has 0 spiro atoms. The number of imidazole rings is 2. The van der Waals surface area contributed by atoms with Crippen molar-refractivity contribution in [2.24, 2.45) is 0 Å². The van der Waals surface area contributed by atoms with Gasteiger partial charge in [-0.2, -0.15) is 10.2 Å². The number of aliphatic hydroxyl groups excluding tert-OH is 1. The van der Waals surface area contributed by atoms with Gasteiger partial charge in [0.15, 0.2) is 0 Å². The number of nitrogens with zero attached hydrogens (tertiary/aromatic N) is 24. The highest BCUT2D eigenvalue weighted by Gasteiger charge is 2.35. The highest BCUT2D eigenvalue weighted by atomic mass is 16.3. The number of likely N-dealkylation sites (tertiary alicyclic amines) is 2. The number of piperazine rings is 2. The molecule has 131 heavy (non-hydrogen) atoms. The van der Waals surface area contributed by atoms with Crippen LogP contribution in [0, 0.1) is 41.5 Å². The smallest absolute Gasteiger partial charge is 0.258 e. The van der Waals surface area contributed by atoms with Crippen molar-refractivity contribution < 1.29 is 5.11 Å². The fraction of sp³-hybridized carbons (Fsp3) is 0.431. The molecule has 1 saturated carbocycles. The number of β-amino-alcohol motifs (C(OH)–C–C–N with tert-alkyl or cyclic N) is 1. The average Bonchev–Trinajstić information content (AvgIpc) is 1.74. The van der Waals surface area contributed by atoms with Crippen molar-refractivity contribution in [1.29, 1.82) is 0 Å². The van der Waals surface area contributed by atoms with Gasteiger partial charge in [-0.3, -0.25) is 56.5 Å². The van der Waals surface area contributed by atoms with Crippen LogP contribution in [0.25, 0.3) is 90.2 Å². The van der Waals surface area contributed by atoms with E-state index in [0.29, 0.717) is 80.7 Å². The molecular weight excluding hydrogens is 1640 g/mol. The highest BCUT2D eigenvalue weighted by Crippen LogP contribution is 2.37. The number of aromatic nitrogens is 18. The van der Waals surface area contributed by atoms with Crippen LogP contribution in [-0.4, -0.2) is 220 Å². The van der Waals surface area contributed by atoms with Crippen LogP contribution < -0.4 is 32.0 Å². The summed E-state index contributed by atoms with van der Waals surface area (Å²) in [6.45, 7) is 34.4. The van der Waals surface area contributed by atoms with Crippen molar-refractivity contribution in [3.8, 4) is 45.3 Å². The van der Waals surface area contributed by atoms with Gasteiger partial charge in [0.1, 0.15) is 45.3 Å². The minimum absolute atomic E-state index is 0.0497. The van der Waals surface area contributed by atoms with Crippen LogP contribution in [0.5, 0.6) is 0 Å². The third-order valence-corrected chi connectivity index (χ3v) is 28.5. The molecule has 0 bridgehead atoms. The van der Waals surface area contributed by atoms with Gasteiger partial charge in [-0.1, -0.05) is 46.2 Å². The molecule has 676 valence electrons. The number of aryl methyl sites for hydroxylation is 10. The summed E-state index contributed by atoms with van der Waals surface area (Å²) < 4.78 is 14.5. The lowest BCUT2D eigenvalue weighted by Gasteiger charge is -2.42. The Morgan fingerprint density at radius 3 is 1.20 bits per heavy atom. The Morgan fingerprint density at radius 2 is 0.771 bits per heavy atom. The number of aliphatic hydroxyl groups is 1. The Kier molecular flexibility index (Phi) is 24.0. The molecule has 1 aliphatic carbocycles. The van der Waals surface area contributed by atoms with Crippen molar-refractivity contribution in [3.63, 3.8) is 0 Å². The molecule has 0 amide bonds. The van der Waals surface area contributed by atoms with Crippen molar-refractivity contribution in [1.82, 2.24) is 105 Å². The summed E-state index contributed by atoms with van der Waals surface area (Å²) in [6, 6.07) is 29.3. The molecule has 0 aromatic carbocycles. The van der Waals surface area contributed by atoms with E-state index in [0.717, 1.165) is 218 Å². The predicted molar refractivity (Wildman–Crippen MR) is 514 cm³/mol. The number of hydrogen-bond acceptors (Lipinski definition) is 21. The number of fused-ring (bicyclic) bond motifs is 10. The molecular formula is C102H118N24O5. The quantitative estimate of drug-likeness (QED) is 0.0998. The Bertz CT molecular complexity index is 7100. The van der Waals surface area contributed by atoms with Crippen LogP contribution in [-0.2, 0) is 25.7 Å². The second-order valence-corrected chi connectivity index (χ2v) is 37.3. The molecule has 23 rings (SSSR count). The van der Waals surface area contributed by atoms with Crippen molar-refractivity contribution in [2.45, 2.75) is 196 Å². The Labute approximate surface area is 760 Å². The molecule has 0 unspecified atom stereocenters. The molecule has 0 radical (unpaired) electrons. The second-order valence-electron chi connectivity index (χ2n) is 37.3. The number of piperidine rings is 2. The molecule has 7 fully saturated rings. The monoisotopic (exact) mass is 1760 g/mol. The molecule has 6 aliphatic heterocycles.